The van der Waals surface area contributed by atoms with Crippen LogP contribution in [0.3, 0.4) is 0 Å². The van der Waals surface area contributed by atoms with Crippen LogP contribution in [-0.4, -0.2) is 49.4 Å². The van der Waals surface area contributed by atoms with Crippen molar-refractivity contribution in [2.75, 3.05) is 28.2 Å². The van der Waals surface area contributed by atoms with Gasteiger partial charge >= 0.3 is 0 Å². The van der Waals surface area contributed by atoms with Crippen LogP contribution in [0.4, 0.5) is 0 Å². The summed E-state index contributed by atoms with van der Waals surface area (Å²) in [4.78, 5) is 16.9. The highest BCUT2D eigenvalue weighted by molar-refractivity contribution is 6.09. The number of likely N-dealkylation sites (N-methyl/N-ethyl adjacent to an activating group) is 2. The Hall–Kier alpha value is -1.71. The molecule has 1 aromatic rings. The zero-order valence-corrected chi connectivity index (χ0v) is 12.6. The molecule has 20 heavy (non-hydrogen) atoms. The van der Waals surface area contributed by atoms with Crippen molar-refractivity contribution in [1.82, 2.24) is 9.80 Å². The molecule has 0 saturated heterocycles. The number of benzene rings is 1. The van der Waals surface area contributed by atoms with Crippen LogP contribution in [0.25, 0.3) is 0 Å². The minimum Gasteiger partial charge on any atom is -0.289 e. The van der Waals surface area contributed by atoms with Crippen LogP contribution in [0.15, 0.2) is 54.1 Å². The predicted molar refractivity (Wildman–Crippen MR) is 82.7 cm³/mol. The molecule has 2 rings (SSSR count). The molecule has 0 bridgehead atoms. The van der Waals surface area contributed by atoms with E-state index in [9.17, 15) is 4.79 Å². The summed E-state index contributed by atoms with van der Waals surface area (Å²) in [5, 5.41) is 0. The van der Waals surface area contributed by atoms with Crippen molar-refractivity contribution in [3.05, 3.63) is 59.7 Å². The molecular formula is C17H22N2O. The normalized spacial score (nSPS) is 17.4. The molecule has 0 radical (unpaired) electrons. The standard InChI is InChI=1S/C17H22N2O/c1-18(2)17(19(3)4)12-8-11-15(13-17)16(20)14-9-6-5-7-10-14/h5-12H,13H2,1-4H3. The Labute approximate surface area is 121 Å². The number of hydrogen-bond acceptors (Lipinski definition) is 3. The molecule has 1 aliphatic carbocycles. The summed E-state index contributed by atoms with van der Waals surface area (Å²) in [5.41, 5.74) is 1.36. The Kier molecular flexibility index (Phi) is 4.21. The number of carbonyl (C=O) groups is 1. The van der Waals surface area contributed by atoms with Crippen LogP contribution in [0.1, 0.15) is 16.8 Å². The van der Waals surface area contributed by atoms with Crippen molar-refractivity contribution in [3.63, 3.8) is 0 Å². The van der Waals surface area contributed by atoms with Gasteiger partial charge in [0.1, 0.15) is 0 Å². The van der Waals surface area contributed by atoms with Gasteiger partial charge in [0, 0.05) is 17.6 Å². The molecule has 0 N–H and O–H groups in total. The number of rotatable bonds is 4. The van der Waals surface area contributed by atoms with Crippen molar-refractivity contribution in [2.24, 2.45) is 0 Å². The van der Waals surface area contributed by atoms with E-state index >= 15 is 0 Å². The van der Waals surface area contributed by atoms with Gasteiger partial charge in [-0.15, -0.1) is 0 Å². The molecule has 0 amide bonds. The fourth-order valence-electron chi connectivity index (χ4n) is 2.66. The Bertz CT molecular complexity index is 533. The number of nitrogens with zero attached hydrogens (tertiary/aromatic N) is 2. The number of ketones is 1. The van der Waals surface area contributed by atoms with Crippen LogP contribution >= 0.6 is 0 Å². The molecule has 3 heteroatoms. The van der Waals surface area contributed by atoms with E-state index in [2.05, 4.69) is 15.9 Å². The van der Waals surface area contributed by atoms with E-state index in [1.807, 2.05) is 70.7 Å². The molecule has 0 atom stereocenters. The van der Waals surface area contributed by atoms with Gasteiger partial charge in [0.15, 0.2) is 5.78 Å². The van der Waals surface area contributed by atoms with Crippen LogP contribution in [0.5, 0.6) is 0 Å². The number of Topliss-reactive ketones (excluding diaryl/α,β-unsaturated/α-hetero) is 1. The average molecular weight is 270 g/mol. The fourth-order valence-corrected chi connectivity index (χ4v) is 2.66. The Morgan fingerprint density at radius 2 is 1.65 bits per heavy atom. The maximum absolute atomic E-state index is 12.6. The number of allylic oxidation sites excluding steroid dienone is 2. The number of hydrogen-bond donors (Lipinski definition) is 0. The lowest BCUT2D eigenvalue weighted by Gasteiger charge is -2.44. The third-order valence-electron chi connectivity index (χ3n) is 3.99. The van der Waals surface area contributed by atoms with E-state index in [0.29, 0.717) is 6.42 Å². The third kappa shape index (κ3) is 2.60. The molecule has 0 heterocycles. The monoisotopic (exact) mass is 270 g/mol. The van der Waals surface area contributed by atoms with Gasteiger partial charge in [-0.05, 0) is 34.3 Å². The molecule has 0 saturated carbocycles. The minimum absolute atomic E-state index is 0.114. The van der Waals surface area contributed by atoms with Crippen LogP contribution < -0.4 is 0 Å². The zero-order valence-electron chi connectivity index (χ0n) is 12.6. The molecule has 3 nitrogen and oxygen atoms in total. The SMILES string of the molecule is CN(C)C1(N(C)C)C=CC=C(C(=O)c2ccccc2)C1. The second-order valence-corrected chi connectivity index (χ2v) is 5.59. The van der Waals surface area contributed by atoms with Crippen molar-refractivity contribution in [3.8, 4) is 0 Å². The summed E-state index contributed by atoms with van der Waals surface area (Å²) >= 11 is 0. The minimum atomic E-state index is -0.242. The van der Waals surface area contributed by atoms with Gasteiger partial charge in [0.05, 0.1) is 5.66 Å². The summed E-state index contributed by atoms with van der Waals surface area (Å²) in [6, 6.07) is 9.47. The highest BCUT2D eigenvalue weighted by Gasteiger charge is 2.36. The lowest BCUT2D eigenvalue weighted by atomic mass is 9.88. The second kappa shape index (κ2) is 5.73. The average Bonchev–Trinajstić information content (AvgIpc) is 2.47. The maximum atomic E-state index is 12.6. The van der Waals surface area contributed by atoms with Crippen molar-refractivity contribution in [1.29, 1.82) is 0 Å². The van der Waals surface area contributed by atoms with Gasteiger partial charge in [-0.3, -0.25) is 14.6 Å². The summed E-state index contributed by atoms with van der Waals surface area (Å²) in [7, 11) is 8.17. The van der Waals surface area contributed by atoms with E-state index < -0.39 is 0 Å². The largest absolute Gasteiger partial charge is 0.289 e. The van der Waals surface area contributed by atoms with Gasteiger partial charge in [-0.25, -0.2) is 0 Å². The third-order valence-corrected chi connectivity index (χ3v) is 3.99. The van der Waals surface area contributed by atoms with E-state index in [1.165, 1.54) is 0 Å². The van der Waals surface area contributed by atoms with Gasteiger partial charge < -0.3 is 0 Å². The molecule has 0 aliphatic heterocycles. The first kappa shape index (κ1) is 14.7. The van der Waals surface area contributed by atoms with Gasteiger partial charge in [-0.2, -0.15) is 0 Å². The van der Waals surface area contributed by atoms with Gasteiger partial charge in [0.2, 0.25) is 0 Å². The Balaban J connectivity index is 2.30. The summed E-state index contributed by atoms with van der Waals surface area (Å²) in [5.74, 6) is 0.114. The summed E-state index contributed by atoms with van der Waals surface area (Å²) < 4.78 is 0. The van der Waals surface area contributed by atoms with Crippen molar-refractivity contribution >= 4 is 5.78 Å². The maximum Gasteiger partial charge on any atom is 0.189 e. The van der Waals surface area contributed by atoms with Gasteiger partial charge in [-0.1, -0.05) is 42.5 Å². The quantitative estimate of drug-likeness (QED) is 0.620. The highest BCUT2D eigenvalue weighted by Crippen LogP contribution is 2.31. The molecule has 0 unspecified atom stereocenters. The fraction of sp³-hybridized carbons (Fsp3) is 0.353. The van der Waals surface area contributed by atoms with Crippen molar-refractivity contribution < 1.29 is 4.79 Å². The summed E-state index contributed by atoms with van der Waals surface area (Å²) in [6.45, 7) is 0. The molecule has 0 aromatic heterocycles. The van der Waals surface area contributed by atoms with E-state index in [1.54, 1.807) is 0 Å². The van der Waals surface area contributed by atoms with E-state index in [0.717, 1.165) is 11.1 Å². The Morgan fingerprint density at radius 3 is 2.20 bits per heavy atom. The van der Waals surface area contributed by atoms with Crippen molar-refractivity contribution in [2.45, 2.75) is 12.1 Å². The van der Waals surface area contributed by atoms with Crippen LogP contribution in [0.2, 0.25) is 0 Å². The lowest BCUT2D eigenvalue weighted by Crippen LogP contribution is -2.54. The molecule has 1 aromatic carbocycles. The molecule has 106 valence electrons. The predicted octanol–water partition coefficient (Wildman–Crippen LogP) is 2.58. The van der Waals surface area contributed by atoms with Crippen LogP contribution in [0, 0.1) is 0 Å². The second-order valence-electron chi connectivity index (χ2n) is 5.59. The van der Waals surface area contributed by atoms with E-state index in [4.69, 9.17) is 0 Å². The first-order valence-corrected chi connectivity index (χ1v) is 6.80. The lowest BCUT2D eigenvalue weighted by molar-refractivity contribution is 0.0480. The first-order valence-electron chi connectivity index (χ1n) is 6.80. The number of carbonyl (C=O) groups excluding carboxylic acids is 1. The smallest absolute Gasteiger partial charge is 0.189 e. The topological polar surface area (TPSA) is 23.6 Å². The van der Waals surface area contributed by atoms with Crippen LogP contribution in [-0.2, 0) is 0 Å². The molecular weight excluding hydrogens is 248 g/mol. The van der Waals surface area contributed by atoms with E-state index in [-0.39, 0.29) is 11.4 Å². The molecule has 1 aliphatic rings. The molecule has 0 spiro atoms. The Morgan fingerprint density at radius 1 is 1.05 bits per heavy atom. The highest BCUT2D eigenvalue weighted by atomic mass is 16.1. The molecule has 0 fully saturated rings. The van der Waals surface area contributed by atoms with Gasteiger partial charge in [0.25, 0.3) is 0 Å². The summed E-state index contributed by atoms with van der Waals surface area (Å²) in [6.07, 6.45) is 6.76. The zero-order chi connectivity index (χ0) is 14.8. The first-order chi connectivity index (χ1) is 9.47.